The highest BCUT2D eigenvalue weighted by atomic mass is 32.2. The number of nitrogens with two attached hydrogens (primary N) is 1. The number of nitrogens with one attached hydrogen (secondary N) is 1. The van der Waals surface area contributed by atoms with Gasteiger partial charge in [-0.15, -0.1) is 11.8 Å². The summed E-state index contributed by atoms with van der Waals surface area (Å²) in [6.45, 7) is 1.98. The fourth-order valence-corrected chi connectivity index (χ4v) is 1.94. The van der Waals surface area contributed by atoms with Crippen molar-refractivity contribution in [3.63, 3.8) is 0 Å². The maximum atomic E-state index is 11.1. The molecule has 0 unspecified atom stereocenters. The number of aromatic nitrogens is 1. The zero-order valence-electron chi connectivity index (χ0n) is 9.60. The number of pyridine rings is 1. The first-order valence-electron chi connectivity index (χ1n) is 5.22. The lowest BCUT2D eigenvalue weighted by Crippen LogP contribution is -2.34. The Kier molecular flexibility index (Phi) is 5.48. The van der Waals surface area contributed by atoms with Crippen molar-refractivity contribution in [1.82, 2.24) is 10.3 Å². The third-order valence-electron chi connectivity index (χ3n) is 1.94. The van der Waals surface area contributed by atoms with E-state index in [0.29, 0.717) is 12.8 Å². The van der Waals surface area contributed by atoms with Gasteiger partial charge in [0.15, 0.2) is 0 Å². The van der Waals surface area contributed by atoms with E-state index in [1.807, 2.05) is 30.6 Å². The molecule has 1 aromatic heterocycles. The van der Waals surface area contributed by atoms with Crippen molar-refractivity contribution in [1.29, 1.82) is 0 Å². The highest BCUT2D eigenvalue weighted by Crippen LogP contribution is 2.16. The average Bonchev–Trinajstić information content (AvgIpc) is 2.26. The SMILES string of the molecule is Cc1ccc(SCCCC(=O)NC(N)=O)nc1. The zero-order valence-corrected chi connectivity index (χ0v) is 10.4. The third kappa shape index (κ3) is 5.91. The zero-order chi connectivity index (χ0) is 12.7. The second-order valence-corrected chi connectivity index (χ2v) is 4.65. The summed E-state index contributed by atoms with van der Waals surface area (Å²) in [7, 11) is 0. The summed E-state index contributed by atoms with van der Waals surface area (Å²) in [5.74, 6) is 0.442. The van der Waals surface area contributed by atoms with Gasteiger partial charge in [-0.3, -0.25) is 10.1 Å². The Morgan fingerprint density at radius 2 is 2.24 bits per heavy atom. The van der Waals surface area contributed by atoms with E-state index in [1.165, 1.54) is 0 Å². The molecule has 0 radical (unpaired) electrons. The van der Waals surface area contributed by atoms with Crippen LogP contribution in [0, 0.1) is 6.92 Å². The Balaban J connectivity index is 2.18. The molecule has 0 aliphatic carbocycles. The Labute approximate surface area is 104 Å². The molecule has 1 rings (SSSR count). The Bertz CT molecular complexity index is 392. The number of amides is 3. The van der Waals surface area contributed by atoms with E-state index in [4.69, 9.17) is 5.73 Å². The van der Waals surface area contributed by atoms with Crippen LogP contribution in [0.25, 0.3) is 0 Å². The van der Waals surface area contributed by atoms with Crippen LogP contribution in [0.1, 0.15) is 18.4 Å². The van der Waals surface area contributed by atoms with Crippen LogP contribution >= 0.6 is 11.8 Å². The van der Waals surface area contributed by atoms with Crippen molar-refractivity contribution < 1.29 is 9.59 Å². The fraction of sp³-hybridized carbons (Fsp3) is 0.364. The van der Waals surface area contributed by atoms with Crippen LogP contribution in [0.5, 0.6) is 0 Å². The molecule has 0 atom stereocenters. The Morgan fingerprint density at radius 1 is 1.47 bits per heavy atom. The van der Waals surface area contributed by atoms with E-state index in [0.717, 1.165) is 16.3 Å². The molecule has 0 saturated carbocycles. The van der Waals surface area contributed by atoms with Crippen LogP contribution in [-0.2, 0) is 4.79 Å². The second kappa shape index (κ2) is 6.90. The molecular weight excluding hydrogens is 238 g/mol. The van der Waals surface area contributed by atoms with Gasteiger partial charge in [0.05, 0.1) is 5.03 Å². The normalized spacial score (nSPS) is 9.94. The largest absolute Gasteiger partial charge is 0.351 e. The number of carbonyl (C=O) groups is 2. The first kappa shape index (κ1) is 13.5. The van der Waals surface area contributed by atoms with Gasteiger partial charge in [-0.25, -0.2) is 9.78 Å². The molecule has 0 aliphatic rings. The second-order valence-electron chi connectivity index (χ2n) is 3.54. The molecule has 0 aromatic carbocycles. The minimum Gasteiger partial charge on any atom is -0.351 e. The predicted octanol–water partition coefficient (Wildman–Crippen LogP) is 1.46. The summed E-state index contributed by atoms with van der Waals surface area (Å²) < 4.78 is 0. The summed E-state index contributed by atoms with van der Waals surface area (Å²) in [4.78, 5) is 25.7. The molecule has 92 valence electrons. The molecule has 0 aliphatic heterocycles. The number of primary amides is 1. The number of imide groups is 1. The van der Waals surface area contributed by atoms with Gasteiger partial charge in [0.1, 0.15) is 0 Å². The topological polar surface area (TPSA) is 85.1 Å². The minimum atomic E-state index is -0.803. The van der Waals surface area contributed by atoms with Crippen LogP contribution in [0.15, 0.2) is 23.4 Å². The molecule has 0 spiro atoms. The van der Waals surface area contributed by atoms with Gasteiger partial charge in [0.25, 0.3) is 0 Å². The molecule has 5 nitrogen and oxygen atoms in total. The summed E-state index contributed by atoms with van der Waals surface area (Å²) in [5, 5.41) is 2.96. The number of hydrogen-bond acceptors (Lipinski definition) is 4. The van der Waals surface area contributed by atoms with Crippen molar-refractivity contribution in [3.8, 4) is 0 Å². The molecular formula is C11H15N3O2S. The third-order valence-corrected chi connectivity index (χ3v) is 2.98. The van der Waals surface area contributed by atoms with Crippen molar-refractivity contribution in [2.75, 3.05) is 5.75 Å². The number of carbonyl (C=O) groups excluding carboxylic acids is 2. The van der Waals surface area contributed by atoms with Crippen LogP contribution < -0.4 is 11.1 Å². The summed E-state index contributed by atoms with van der Waals surface area (Å²) in [6.07, 6.45) is 2.78. The van der Waals surface area contributed by atoms with E-state index < -0.39 is 6.03 Å². The lowest BCUT2D eigenvalue weighted by molar-refractivity contribution is -0.119. The molecule has 1 aromatic rings. The van der Waals surface area contributed by atoms with Crippen molar-refractivity contribution >= 4 is 23.7 Å². The number of hydrogen-bond donors (Lipinski definition) is 2. The fourth-order valence-electron chi connectivity index (χ4n) is 1.15. The number of aryl methyl sites for hydroxylation is 1. The Morgan fingerprint density at radius 3 is 2.82 bits per heavy atom. The first-order valence-corrected chi connectivity index (χ1v) is 6.21. The van der Waals surface area contributed by atoms with Crippen molar-refractivity contribution in [2.45, 2.75) is 24.8 Å². The van der Waals surface area contributed by atoms with E-state index in [2.05, 4.69) is 4.98 Å². The highest BCUT2D eigenvalue weighted by Gasteiger charge is 2.03. The van der Waals surface area contributed by atoms with Crippen LogP contribution in [-0.4, -0.2) is 22.7 Å². The number of urea groups is 1. The molecule has 0 saturated heterocycles. The van der Waals surface area contributed by atoms with Crippen LogP contribution in [0.3, 0.4) is 0 Å². The highest BCUT2D eigenvalue weighted by molar-refractivity contribution is 7.99. The first-order chi connectivity index (χ1) is 8.08. The lowest BCUT2D eigenvalue weighted by Gasteiger charge is -2.01. The van der Waals surface area contributed by atoms with Crippen molar-refractivity contribution in [2.24, 2.45) is 5.73 Å². The lowest BCUT2D eigenvalue weighted by atomic mass is 10.3. The number of rotatable bonds is 5. The number of thioether (sulfide) groups is 1. The minimum absolute atomic E-state index is 0.293. The van der Waals surface area contributed by atoms with Crippen molar-refractivity contribution in [3.05, 3.63) is 23.9 Å². The predicted molar refractivity (Wildman–Crippen MR) is 66.7 cm³/mol. The van der Waals surface area contributed by atoms with E-state index in [-0.39, 0.29) is 5.91 Å². The van der Waals surface area contributed by atoms with Gasteiger partial charge in [-0.1, -0.05) is 6.07 Å². The monoisotopic (exact) mass is 253 g/mol. The van der Waals surface area contributed by atoms with Crippen LogP contribution in [0.2, 0.25) is 0 Å². The molecule has 6 heteroatoms. The van der Waals surface area contributed by atoms with Gasteiger partial charge in [0.2, 0.25) is 5.91 Å². The van der Waals surface area contributed by atoms with E-state index in [1.54, 1.807) is 11.8 Å². The summed E-state index contributed by atoms with van der Waals surface area (Å²) in [6, 6.07) is 3.14. The van der Waals surface area contributed by atoms with Crippen LogP contribution in [0.4, 0.5) is 4.79 Å². The van der Waals surface area contributed by atoms with Gasteiger partial charge in [-0.2, -0.15) is 0 Å². The molecule has 0 bridgehead atoms. The number of nitrogens with zero attached hydrogens (tertiary/aromatic N) is 1. The molecule has 3 N–H and O–H groups in total. The quantitative estimate of drug-likeness (QED) is 0.614. The molecule has 3 amide bonds. The molecule has 17 heavy (non-hydrogen) atoms. The van der Waals surface area contributed by atoms with Gasteiger partial charge in [0, 0.05) is 12.6 Å². The maximum Gasteiger partial charge on any atom is 0.318 e. The van der Waals surface area contributed by atoms with E-state index in [9.17, 15) is 9.59 Å². The smallest absolute Gasteiger partial charge is 0.318 e. The van der Waals surface area contributed by atoms with Gasteiger partial charge >= 0.3 is 6.03 Å². The Hall–Kier alpha value is -1.56. The summed E-state index contributed by atoms with van der Waals surface area (Å²) in [5.41, 5.74) is 5.94. The average molecular weight is 253 g/mol. The maximum absolute atomic E-state index is 11.1. The van der Waals surface area contributed by atoms with Gasteiger partial charge < -0.3 is 5.73 Å². The molecule has 1 heterocycles. The van der Waals surface area contributed by atoms with Gasteiger partial charge in [-0.05, 0) is 30.7 Å². The summed E-state index contributed by atoms with van der Waals surface area (Å²) >= 11 is 1.58. The van der Waals surface area contributed by atoms with E-state index >= 15 is 0 Å². The molecule has 0 fully saturated rings. The standard InChI is InChI=1S/C11H15N3O2S/c1-8-4-5-10(13-7-8)17-6-2-3-9(15)14-11(12)16/h4-5,7H,2-3,6H2,1H3,(H3,12,14,15,16).